The minimum atomic E-state index is -0.125. The molecule has 0 amide bonds. The molecule has 2 aliphatic rings. The predicted octanol–water partition coefficient (Wildman–Crippen LogP) is 2.28. The summed E-state index contributed by atoms with van der Waals surface area (Å²) >= 11 is 0. The lowest BCUT2D eigenvalue weighted by molar-refractivity contribution is 0.177. The van der Waals surface area contributed by atoms with Gasteiger partial charge in [0.15, 0.2) is 5.82 Å². The summed E-state index contributed by atoms with van der Waals surface area (Å²) in [6.07, 6.45) is 3.47. The Bertz CT molecular complexity index is 539. The minimum Gasteiger partial charge on any atom is -0.283 e. The largest absolute Gasteiger partial charge is 0.283 e. The lowest BCUT2D eigenvalue weighted by Crippen LogP contribution is -2.50. The summed E-state index contributed by atoms with van der Waals surface area (Å²) in [5, 5.41) is 12.4. The molecule has 116 valence electrons. The summed E-state index contributed by atoms with van der Waals surface area (Å²) in [6.45, 7) is 12.1. The summed E-state index contributed by atoms with van der Waals surface area (Å²) in [5.41, 5.74) is -0.125. The van der Waals surface area contributed by atoms with E-state index in [1.807, 2.05) is 4.68 Å². The van der Waals surface area contributed by atoms with Gasteiger partial charge in [-0.15, -0.1) is 5.10 Å². The lowest BCUT2D eigenvalue weighted by atomic mass is 9.97. The van der Waals surface area contributed by atoms with E-state index < -0.39 is 0 Å². The minimum absolute atomic E-state index is 0.125. The van der Waals surface area contributed by atoms with E-state index in [1.165, 1.54) is 6.42 Å². The molecule has 2 atom stereocenters. The van der Waals surface area contributed by atoms with Crippen molar-refractivity contribution < 1.29 is 0 Å². The van der Waals surface area contributed by atoms with Gasteiger partial charge >= 0.3 is 0 Å². The molecule has 0 aromatic carbocycles. The third-order valence-electron chi connectivity index (χ3n) is 4.15. The Balaban J connectivity index is 2.09. The van der Waals surface area contributed by atoms with Crippen molar-refractivity contribution in [2.24, 2.45) is 10.9 Å². The van der Waals surface area contributed by atoms with Gasteiger partial charge in [-0.25, -0.2) is 0 Å². The van der Waals surface area contributed by atoms with Crippen LogP contribution in [-0.4, -0.2) is 49.1 Å². The Morgan fingerprint density at radius 3 is 2.76 bits per heavy atom. The number of rotatable bonds is 2. The number of hydrogen-bond acceptors (Lipinski definition) is 5. The van der Waals surface area contributed by atoms with E-state index in [2.05, 4.69) is 55.0 Å². The SMILES string of the molecule is CC(C)C[C@H]1C(=NC(C)(C)C)n2nnnc2C2CCCN21. The molecule has 0 spiro atoms. The summed E-state index contributed by atoms with van der Waals surface area (Å²) < 4.78 is 1.91. The van der Waals surface area contributed by atoms with E-state index in [0.29, 0.717) is 18.0 Å². The molecule has 0 aliphatic carbocycles. The van der Waals surface area contributed by atoms with Crippen molar-refractivity contribution in [2.45, 2.75) is 71.5 Å². The van der Waals surface area contributed by atoms with Gasteiger partial charge in [-0.3, -0.25) is 9.89 Å². The molecule has 1 unspecified atom stereocenters. The van der Waals surface area contributed by atoms with E-state index in [0.717, 1.165) is 31.0 Å². The second kappa shape index (κ2) is 5.16. The smallest absolute Gasteiger partial charge is 0.175 e. The fourth-order valence-corrected chi connectivity index (χ4v) is 3.45. The molecular weight excluding hydrogens is 264 g/mol. The van der Waals surface area contributed by atoms with Crippen LogP contribution in [0, 0.1) is 5.92 Å². The first-order valence-corrected chi connectivity index (χ1v) is 8.01. The zero-order valence-electron chi connectivity index (χ0n) is 13.7. The highest BCUT2D eigenvalue weighted by molar-refractivity contribution is 5.90. The van der Waals surface area contributed by atoms with Crippen molar-refractivity contribution in [2.75, 3.05) is 6.54 Å². The number of tetrazole rings is 1. The molecular formula is C15H26N6. The molecule has 1 saturated heterocycles. The van der Waals surface area contributed by atoms with Gasteiger partial charge in [0.1, 0.15) is 5.84 Å². The van der Waals surface area contributed by atoms with Gasteiger partial charge in [0, 0.05) is 0 Å². The maximum Gasteiger partial charge on any atom is 0.175 e. The predicted molar refractivity (Wildman–Crippen MR) is 82.3 cm³/mol. The molecule has 1 aromatic heterocycles. The maximum atomic E-state index is 4.97. The quantitative estimate of drug-likeness (QED) is 0.838. The number of aliphatic imine (C=N–C) groups is 1. The molecule has 1 aromatic rings. The summed E-state index contributed by atoms with van der Waals surface area (Å²) in [6, 6.07) is 0.690. The molecule has 21 heavy (non-hydrogen) atoms. The van der Waals surface area contributed by atoms with Crippen LogP contribution in [-0.2, 0) is 0 Å². The molecule has 1 fully saturated rings. The van der Waals surface area contributed by atoms with E-state index in [9.17, 15) is 0 Å². The van der Waals surface area contributed by atoms with Crippen LogP contribution in [0.2, 0.25) is 0 Å². The third kappa shape index (κ3) is 2.73. The van der Waals surface area contributed by atoms with Gasteiger partial charge in [0.2, 0.25) is 0 Å². The number of hydrogen-bond donors (Lipinski definition) is 0. The third-order valence-corrected chi connectivity index (χ3v) is 4.15. The van der Waals surface area contributed by atoms with E-state index in [-0.39, 0.29) is 5.54 Å². The van der Waals surface area contributed by atoms with Gasteiger partial charge in [-0.2, -0.15) is 4.68 Å². The normalized spacial score (nSPS) is 28.2. The van der Waals surface area contributed by atoms with Gasteiger partial charge in [0.05, 0.1) is 17.6 Å². The molecule has 3 heterocycles. The van der Waals surface area contributed by atoms with Gasteiger partial charge in [0.25, 0.3) is 0 Å². The van der Waals surface area contributed by atoms with Crippen LogP contribution in [0.15, 0.2) is 4.99 Å². The van der Waals surface area contributed by atoms with Gasteiger partial charge in [-0.1, -0.05) is 13.8 Å². The topological polar surface area (TPSA) is 59.2 Å². The maximum absolute atomic E-state index is 4.97. The highest BCUT2D eigenvalue weighted by Crippen LogP contribution is 2.38. The van der Waals surface area contributed by atoms with Crippen LogP contribution in [0.3, 0.4) is 0 Å². The van der Waals surface area contributed by atoms with Crippen LogP contribution < -0.4 is 0 Å². The summed E-state index contributed by atoms with van der Waals surface area (Å²) in [5.74, 6) is 2.62. The van der Waals surface area contributed by atoms with Crippen molar-refractivity contribution in [3.8, 4) is 0 Å². The fraction of sp³-hybridized carbons (Fsp3) is 0.867. The van der Waals surface area contributed by atoms with Crippen LogP contribution in [0.25, 0.3) is 0 Å². The highest BCUT2D eigenvalue weighted by atomic mass is 15.6. The molecule has 0 saturated carbocycles. The zero-order chi connectivity index (χ0) is 15.2. The summed E-state index contributed by atoms with van der Waals surface area (Å²) in [7, 11) is 0. The first kappa shape index (κ1) is 14.6. The van der Waals surface area contributed by atoms with Crippen molar-refractivity contribution >= 4 is 5.84 Å². The van der Waals surface area contributed by atoms with Crippen LogP contribution in [0.5, 0.6) is 0 Å². The number of aromatic nitrogens is 4. The Labute approximate surface area is 126 Å². The van der Waals surface area contributed by atoms with Crippen molar-refractivity contribution in [1.29, 1.82) is 0 Å². The second-order valence-corrected chi connectivity index (χ2v) is 7.63. The highest BCUT2D eigenvalue weighted by Gasteiger charge is 2.43. The van der Waals surface area contributed by atoms with Crippen LogP contribution in [0.4, 0.5) is 0 Å². The zero-order valence-corrected chi connectivity index (χ0v) is 13.7. The number of nitrogens with zero attached hydrogens (tertiary/aromatic N) is 6. The van der Waals surface area contributed by atoms with Crippen molar-refractivity contribution in [3.63, 3.8) is 0 Å². The van der Waals surface area contributed by atoms with Crippen LogP contribution >= 0.6 is 0 Å². The van der Waals surface area contributed by atoms with Crippen molar-refractivity contribution in [3.05, 3.63) is 5.82 Å². The molecule has 0 N–H and O–H groups in total. The van der Waals surface area contributed by atoms with Gasteiger partial charge < -0.3 is 0 Å². The Kier molecular flexibility index (Phi) is 3.59. The first-order valence-electron chi connectivity index (χ1n) is 8.01. The van der Waals surface area contributed by atoms with E-state index >= 15 is 0 Å². The summed E-state index contributed by atoms with van der Waals surface area (Å²) in [4.78, 5) is 7.54. The molecule has 6 nitrogen and oxygen atoms in total. The van der Waals surface area contributed by atoms with Crippen molar-refractivity contribution in [1.82, 2.24) is 25.1 Å². The Hall–Kier alpha value is -1.30. The molecule has 0 bridgehead atoms. The average Bonchev–Trinajstić information content (AvgIpc) is 2.98. The number of fused-ring (bicyclic) bond motifs is 3. The van der Waals surface area contributed by atoms with Crippen LogP contribution in [0.1, 0.15) is 65.7 Å². The fourth-order valence-electron chi connectivity index (χ4n) is 3.45. The standard InChI is InChI=1S/C15H26N6/c1-10(2)9-12-13(16-15(3,4)5)21-14(17-18-19-21)11-7-6-8-20(11)12/h10-12H,6-9H2,1-5H3/t11?,12-/m0/s1. The molecule has 6 heteroatoms. The lowest BCUT2D eigenvalue weighted by Gasteiger charge is -2.39. The average molecular weight is 290 g/mol. The molecule has 0 radical (unpaired) electrons. The van der Waals surface area contributed by atoms with Gasteiger partial charge in [-0.05, 0) is 62.9 Å². The van der Waals surface area contributed by atoms with E-state index in [4.69, 9.17) is 4.99 Å². The van der Waals surface area contributed by atoms with E-state index in [1.54, 1.807) is 0 Å². The first-order chi connectivity index (χ1) is 9.87. The monoisotopic (exact) mass is 290 g/mol. The molecule has 2 aliphatic heterocycles. The Morgan fingerprint density at radius 2 is 2.10 bits per heavy atom. The second-order valence-electron chi connectivity index (χ2n) is 7.63. The Morgan fingerprint density at radius 1 is 1.33 bits per heavy atom. The molecule has 3 rings (SSSR count).